The summed E-state index contributed by atoms with van der Waals surface area (Å²) in [5, 5.41) is 9.13. The van der Waals surface area contributed by atoms with E-state index in [-0.39, 0.29) is 6.42 Å². The maximum Gasteiger partial charge on any atom is 0.322 e. The van der Waals surface area contributed by atoms with Crippen LogP contribution in [0.4, 0.5) is 0 Å². The number of carbonyl (C=O) groups is 2. The Morgan fingerprint density at radius 1 is 1.28 bits per heavy atom. The number of hydrogen-bond donors (Lipinski definition) is 1. The maximum absolute atomic E-state index is 11.5. The largest absolute Gasteiger partial charge is 0.480 e. The number of hydrogen-bond acceptors (Lipinski definition) is 3. The van der Waals surface area contributed by atoms with Crippen LogP contribution in [0.3, 0.4) is 0 Å². The first-order chi connectivity index (χ1) is 8.50. The van der Waals surface area contributed by atoms with E-state index in [0.717, 1.165) is 12.0 Å². The number of benzene rings is 1. The summed E-state index contributed by atoms with van der Waals surface area (Å²) in [6.45, 7) is 1.41. The Bertz CT molecular complexity index is 413. The van der Waals surface area contributed by atoms with Crippen LogP contribution >= 0.6 is 0 Å². The SMILES string of the molecule is COC(=O)C(C)(CCCc1ccccc1)C(=O)O. The fourth-order valence-corrected chi connectivity index (χ4v) is 1.81. The van der Waals surface area contributed by atoms with Crippen LogP contribution in [0.5, 0.6) is 0 Å². The topological polar surface area (TPSA) is 63.6 Å². The summed E-state index contributed by atoms with van der Waals surface area (Å²) in [5.41, 5.74) is -0.320. The zero-order chi connectivity index (χ0) is 13.6. The van der Waals surface area contributed by atoms with Crippen molar-refractivity contribution in [3.05, 3.63) is 35.9 Å². The molecule has 0 amide bonds. The van der Waals surface area contributed by atoms with E-state index in [1.54, 1.807) is 0 Å². The van der Waals surface area contributed by atoms with E-state index in [9.17, 15) is 9.59 Å². The Labute approximate surface area is 107 Å². The third-order valence-electron chi connectivity index (χ3n) is 3.09. The van der Waals surface area contributed by atoms with Gasteiger partial charge in [0.1, 0.15) is 0 Å². The van der Waals surface area contributed by atoms with E-state index in [2.05, 4.69) is 4.74 Å². The molecule has 1 rings (SSSR count). The Balaban J connectivity index is 2.59. The van der Waals surface area contributed by atoms with Crippen molar-refractivity contribution < 1.29 is 19.4 Å². The molecule has 1 unspecified atom stereocenters. The van der Waals surface area contributed by atoms with E-state index in [1.165, 1.54) is 14.0 Å². The number of ether oxygens (including phenoxy) is 1. The predicted molar refractivity (Wildman–Crippen MR) is 67.1 cm³/mol. The van der Waals surface area contributed by atoms with Crippen LogP contribution in [0.25, 0.3) is 0 Å². The molecule has 1 atom stereocenters. The molecule has 1 aromatic rings. The molecule has 0 aliphatic heterocycles. The molecule has 98 valence electrons. The number of esters is 1. The van der Waals surface area contributed by atoms with Crippen LogP contribution in [0.1, 0.15) is 25.3 Å². The highest BCUT2D eigenvalue weighted by Crippen LogP contribution is 2.26. The maximum atomic E-state index is 11.5. The van der Waals surface area contributed by atoms with Gasteiger partial charge in [-0.25, -0.2) is 0 Å². The van der Waals surface area contributed by atoms with Gasteiger partial charge in [-0.15, -0.1) is 0 Å². The third-order valence-corrected chi connectivity index (χ3v) is 3.09. The fraction of sp³-hybridized carbons (Fsp3) is 0.429. The Hall–Kier alpha value is -1.84. The lowest BCUT2D eigenvalue weighted by atomic mass is 9.84. The van der Waals surface area contributed by atoms with Crippen molar-refractivity contribution in [2.45, 2.75) is 26.2 Å². The molecule has 4 heteroatoms. The highest BCUT2D eigenvalue weighted by molar-refractivity contribution is 5.98. The van der Waals surface area contributed by atoms with Crippen LogP contribution in [0.15, 0.2) is 30.3 Å². The van der Waals surface area contributed by atoms with Crippen molar-refractivity contribution in [3.63, 3.8) is 0 Å². The van der Waals surface area contributed by atoms with Gasteiger partial charge in [0.05, 0.1) is 7.11 Å². The average Bonchev–Trinajstić information content (AvgIpc) is 2.38. The average molecular weight is 250 g/mol. The number of aryl methyl sites for hydroxylation is 1. The Morgan fingerprint density at radius 3 is 2.39 bits per heavy atom. The number of carboxylic acids is 1. The zero-order valence-corrected chi connectivity index (χ0v) is 10.7. The third kappa shape index (κ3) is 3.32. The molecule has 0 radical (unpaired) electrons. The molecule has 1 aromatic carbocycles. The van der Waals surface area contributed by atoms with E-state index >= 15 is 0 Å². The fourth-order valence-electron chi connectivity index (χ4n) is 1.81. The molecule has 0 fully saturated rings. The Kier molecular flexibility index (Phi) is 4.89. The van der Waals surface area contributed by atoms with Crippen LogP contribution in [0.2, 0.25) is 0 Å². The lowest BCUT2D eigenvalue weighted by molar-refractivity contribution is -0.166. The van der Waals surface area contributed by atoms with Gasteiger partial charge in [-0.2, -0.15) is 0 Å². The number of rotatable bonds is 6. The van der Waals surface area contributed by atoms with E-state index in [4.69, 9.17) is 5.11 Å². The van der Waals surface area contributed by atoms with Gasteiger partial charge in [0.25, 0.3) is 0 Å². The summed E-state index contributed by atoms with van der Waals surface area (Å²) in [6.07, 6.45) is 1.65. The number of carbonyl (C=O) groups excluding carboxylic acids is 1. The summed E-state index contributed by atoms with van der Waals surface area (Å²) in [5.74, 6) is -1.83. The summed E-state index contributed by atoms with van der Waals surface area (Å²) in [7, 11) is 1.21. The normalized spacial score (nSPS) is 13.7. The van der Waals surface area contributed by atoms with Gasteiger partial charge in [0, 0.05) is 0 Å². The van der Waals surface area contributed by atoms with Gasteiger partial charge in [-0.05, 0) is 31.7 Å². The highest BCUT2D eigenvalue weighted by atomic mass is 16.5. The van der Waals surface area contributed by atoms with Crippen LogP contribution in [-0.2, 0) is 20.7 Å². The first kappa shape index (κ1) is 14.2. The summed E-state index contributed by atoms with van der Waals surface area (Å²) >= 11 is 0. The van der Waals surface area contributed by atoms with Crippen LogP contribution in [-0.4, -0.2) is 24.2 Å². The van der Waals surface area contributed by atoms with Gasteiger partial charge in [0.2, 0.25) is 0 Å². The predicted octanol–water partition coefficient (Wildman–Crippen LogP) is 2.27. The lowest BCUT2D eigenvalue weighted by Gasteiger charge is -2.21. The van der Waals surface area contributed by atoms with Crippen molar-refractivity contribution >= 4 is 11.9 Å². The smallest absolute Gasteiger partial charge is 0.322 e. The molecule has 0 saturated heterocycles. The molecule has 18 heavy (non-hydrogen) atoms. The van der Waals surface area contributed by atoms with Gasteiger partial charge in [-0.1, -0.05) is 30.3 Å². The van der Waals surface area contributed by atoms with E-state index in [0.29, 0.717) is 6.42 Å². The number of carboxylic acid groups (broad SMARTS) is 1. The quantitative estimate of drug-likeness (QED) is 0.621. The summed E-state index contributed by atoms with van der Waals surface area (Å²) in [4.78, 5) is 22.7. The summed E-state index contributed by atoms with van der Waals surface area (Å²) in [6, 6.07) is 9.77. The minimum Gasteiger partial charge on any atom is -0.480 e. The number of methoxy groups -OCH3 is 1. The molecule has 0 saturated carbocycles. The molecule has 0 aromatic heterocycles. The highest BCUT2D eigenvalue weighted by Gasteiger charge is 2.41. The van der Waals surface area contributed by atoms with Crippen molar-refractivity contribution in [2.24, 2.45) is 5.41 Å². The molecule has 1 N–H and O–H groups in total. The molecule has 0 spiro atoms. The van der Waals surface area contributed by atoms with Crippen molar-refractivity contribution in [3.8, 4) is 0 Å². The van der Waals surface area contributed by atoms with Crippen LogP contribution < -0.4 is 0 Å². The van der Waals surface area contributed by atoms with Gasteiger partial charge in [0.15, 0.2) is 5.41 Å². The molecule has 0 aliphatic carbocycles. The summed E-state index contributed by atoms with van der Waals surface area (Å²) < 4.78 is 4.56. The number of aliphatic carboxylic acids is 1. The molecule has 0 aliphatic rings. The Morgan fingerprint density at radius 2 is 1.89 bits per heavy atom. The second-order valence-electron chi connectivity index (χ2n) is 4.47. The lowest BCUT2D eigenvalue weighted by Crippen LogP contribution is -2.37. The molecular formula is C14H18O4. The van der Waals surface area contributed by atoms with Crippen molar-refractivity contribution in [1.82, 2.24) is 0 Å². The second kappa shape index (κ2) is 6.19. The van der Waals surface area contributed by atoms with Crippen molar-refractivity contribution in [1.29, 1.82) is 0 Å². The van der Waals surface area contributed by atoms with E-state index in [1.807, 2.05) is 30.3 Å². The second-order valence-corrected chi connectivity index (χ2v) is 4.47. The standard InChI is InChI=1S/C14H18O4/c1-14(12(15)16,13(17)18-2)10-6-9-11-7-4-3-5-8-11/h3-5,7-8H,6,9-10H2,1-2H3,(H,15,16). The van der Waals surface area contributed by atoms with Gasteiger partial charge >= 0.3 is 11.9 Å². The first-order valence-corrected chi connectivity index (χ1v) is 5.86. The minimum atomic E-state index is -1.45. The van der Waals surface area contributed by atoms with Crippen molar-refractivity contribution in [2.75, 3.05) is 7.11 Å². The molecule has 4 nitrogen and oxygen atoms in total. The monoisotopic (exact) mass is 250 g/mol. The molecule has 0 heterocycles. The molecular weight excluding hydrogens is 232 g/mol. The molecule has 0 bridgehead atoms. The van der Waals surface area contributed by atoms with Crippen LogP contribution in [0, 0.1) is 5.41 Å². The first-order valence-electron chi connectivity index (χ1n) is 5.86. The van der Waals surface area contributed by atoms with E-state index < -0.39 is 17.4 Å². The zero-order valence-electron chi connectivity index (χ0n) is 10.7. The van der Waals surface area contributed by atoms with Gasteiger partial charge < -0.3 is 9.84 Å². The minimum absolute atomic E-state index is 0.268. The van der Waals surface area contributed by atoms with Gasteiger partial charge in [-0.3, -0.25) is 9.59 Å².